The van der Waals surface area contributed by atoms with Gasteiger partial charge in [-0.3, -0.25) is 9.59 Å². The highest BCUT2D eigenvalue weighted by Gasteiger charge is 2.18. The topological polar surface area (TPSA) is 113 Å². The van der Waals surface area contributed by atoms with Gasteiger partial charge in [0.1, 0.15) is 0 Å². The molecule has 0 aliphatic rings. The summed E-state index contributed by atoms with van der Waals surface area (Å²) < 4.78 is 27.5. The Morgan fingerprint density at radius 3 is 2.61 bits per heavy atom. The molecule has 2 N–H and O–H groups in total. The van der Waals surface area contributed by atoms with E-state index in [4.69, 9.17) is 0 Å². The minimum absolute atomic E-state index is 0.0154. The Morgan fingerprint density at radius 2 is 1.84 bits per heavy atom. The fourth-order valence-electron chi connectivity index (χ4n) is 3.00. The molecule has 164 valence electrons. The molecule has 31 heavy (non-hydrogen) atoms. The second-order valence-corrected chi connectivity index (χ2v) is 9.28. The molecule has 0 atom stereocenters. The van der Waals surface area contributed by atoms with Crippen molar-refractivity contribution in [3.05, 3.63) is 60.4 Å². The Kier molecular flexibility index (Phi) is 7.03. The smallest absolute Gasteiger partial charge is 0.251 e. The normalized spacial score (nSPS) is 11.6. The first-order chi connectivity index (χ1) is 14.8. The van der Waals surface area contributed by atoms with Gasteiger partial charge in [-0.15, -0.1) is 0 Å². The molecule has 0 bridgehead atoms. The number of carbonyl (C=O) groups is 2. The second-order valence-electron chi connectivity index (χ2n) is 7.13. The minimum Gasteiger partial charge on any atom is -0.355 e. The maximum Gasteiger partial charge on any atom is 0.251 e. The lowest BCUT2D eigenvalue weighted by Crippen LogP contribution is -2.37. The fourth-order valence-corrected chi connectivity index (χ4v) is 3.95. The van der Waals surface area contributed by atoms with Gasteiger partial charge in [-0.05, 0) is 36.8 Å². The van der Waals surface area contributed by atoms with Crippen LogP contribution < -0.4 is 10.6 Å². The van der Waals surface area contributed by atoms with Crippen LogP contribution in [0.15, 0.2) is 59.8 Å². The molecule has 2 aromatic carbocycles. The van der Waals surface area contributed by atoms with Gasteiger partial charge >= 0.3 is 0 Å². The Morgan fingerprint density at radius 1 is 1.06 bits per heavy atom. The number of nitrogens with one attached hydrogen (secondary N) is 2. The molecule has 0 saturated heterocycles. The highest BCUT2D eigenvalue weighted by Crippen LogP contribution is 2.15. The van der Waals surface area contributed by atoms with Crippen LogP contribution in [0.25, 0.3) is 11.0 Å². The van der Waals surface area contributed by atoms with Gasteiger partial charge in [0, 0.05) is 32.7 Å². The number of para-hydroxylation sites is 2. The van der Waals surface area contributed by atoms with E-state index in [1.54, 1.807) is 6.33 Å². The van der Waals surface area contributed by atoms with Crippen LogP contribution in [0.3, 0.4) is 0 Å². The number of nitrogens with zero attached hydrogens (tertiary/aromatic N) is 3. The highest BCUT2D eigenvalue weighted by molar-refractivity contribution is 7.89. The van der Waals surface area contributed by atoms with Crippen molar-refractivity contribution in [3.63, 3.8) is 0 Å². The average Bonchev–Trinajstić information content (AvgIpc) is 3.18. The molecule has 0 aliphatic carbocycles. The quantitative estimate of drug-likeness (QED) is 0.483. The van der Waals surface area contributed by atoms with Gasteiger partial charge in [0.2, 0.25) is 15.9 Å². The van der Waals surface area contributed by atoms with Crippen LogP contribution in [-0.4, -0.2) is 61.3 Å². The molecule has 3 rings (SSSR count). The molecule has 0 radical (unpaired) electrons. The van der Waals surface area contributed by atoms with E-state index in [2.05, 4.69) is 15.6 Å². The third-order valence-corrected chi connectivity index (χ3v) is 6.52. The molecule has 3 aromatic rings. The number of fused-ring (bicyclic) bond motifs is 1. The van der Waals surface area contributed by atoms with Crippen molar-refractivity contribution >= 4 is 32.9 Å². The summed E-state index contributed by atoms with van der Waals surface area (Å²) in [7, 11) is -0.807. The molecule has 0 saturated carbocycles. The Labute approximate surface area is 181 Å². The van der Waals surface area contributed by atoms with Gasteiger partial charge in [0.15, 0.2) is 0 Å². The fraction of sp³-hybridized carbons (Fsp3) is 0.286. The lowest BCUT2D eigenvalue weighted by Gasteiger charge is -2.12. The highest BCUT2D eigenvalue weighted by atomic mass is 32.2. The maximum absolute atomic E-state index is 12.3. The van der Waals surface area contributed by atoms with Crippen molar-refractivity contribution in [2.45, 2.75) is 17.9 Å². The summed E-state index contributed by atoms with van der Waals surface area (Å²) in [6.07, 6.45) is 2.49. The molecule has 9 nitrogen and oxygen atoms in total. The van der Waals surface area contributed by atoms with Gasteiger partial charge < -0.3 is 15.2 Å². The number of benzene rings is 2. The van der Waals surface area contributed by atoms with Gasteiger partial charge in [-0.25, -0.2) is 17.7 Å². The molecular formula is C21H25N5O4S. The molecule has 0 aliphatic heterocycles. The molecule has 0 unspecified atom stereocenters. The van der Waals surface area contributed by atoms with Crippen molar-refractivity contribution < 1.29 is 18.0 Å². The zero-order valence-electron chi connectivity index (χ0n) is 17.4. The zero-order chi connectivity index (χ0) is 22.4. The Bertz CT molecular complexity index is 1190. The molecular weight excluding hydrogens is 418 g/mol. The molecule has 0 spiro atoms. The number of imidazole rings is 1. The summed E-state index contributed by atoms with van der Waals surface area (Å²) in [4.78, 5) is 28.7. The summed E-state index contributed by atoms with van der Waals surface area (Å²) in [6.45, 7) is 0.968. The third-order valence-electron chi connectivity index (χ3n) is 4.71. The maximum atomic E-state index is 12.3. The first-order valence-corrected chi connectivity index (χ1v) is 11.2. The SMILES string of the molecule is CN(C)S(=O)(=O)c1cccc(C(=O)NCC(=O)NCCCn2cnc3ccccc32)c1. The summed E-state index contributed by atoms with van der Waals surface area (Å²) in [5.74, 6) is -0.836. The largest absolute Gasteiger partial charge is 0.355 e. The number of hydrogen-bond acceptors (Lipinski definition) is 5. The number of aromatic nitrogens is 2. The van der Waals surface area contributed by atoms with E-state index < -0.39 is 15.9 Å². The number of sulfonamides is 1. The van der Waals surface area contributed by atoms with E-state index in [-0.39, 0.29) is 22.9 Å². The molecule has 0 fully saturated rings. The predicted octanol–water partition coefficient (Wildman–Crippen LogP) is 1.22. The van der Waals surface area contributed by atoms with Crippen molar-refractivity contribution in [2.24, 2.45) is 0 Å². The van der Waals surface area contributed by atoms with E-state index in [1.165, 1.54) is 38.4 Å². The number of amides is 2. The third kappa shape index (κ3) is 5.47. The van der Waals surface area contributed by atoms with Gasteiger partial charge in [0.25, 0.3) is 5.91 Å². The molecule has 2 amide bonds. The summed E-state index contributed by atoms with van der Waals surface area (Å²) >= 11 is 0. The molecule has 1 aromatic heterocycles. The van der Waals surface area contributed by atoms with Crippen molar-refractivity contribution in [1.82, 2.24) is 24.5 Å². The standard InChI is InChI=1S/C21H25N5O4S/c1-25(2)31(29,30)17-8-5-7-16(13-17)21(28)23-14-20(27)22-11-6-12-26-15-24-18-9-3-4-10-19(18)26/h3-5,7-10,13,15H,6,11-12,14H2,1-2H3,(H,22,27)(H,23,28). The van der Waals surface area contributed by atoms with Crippen molar-refractivity contribution in [1.29, 1.82) is 0 Å². The van der Waals surface area contributed by atoms with Crippen LogP contribution >= 0.6 is 0 Å². The van der Waals surface area contributed by atoms with E-state index in [9.17, 15) is 18.0 Å². The summed E-state index contributed by atoms with van der Waals surface area (Å²) in [5.41, 5.74) is 2.14. The first kappa shape index (κ1) is 22.4. The second kappa shape index (κ2) is 9.71. The van der Waals surface area contributed by atoms with Gasteiger partial charge in [0.05, 0.1) is 28.8 Å². The number of aryl methyl sites for hydroxylation is 1. The minimum atomic E-state index is -3.64. The van der Waals surface area contributed by atoms with Crippen molar-refractivity contribution in [2.75, 3.05) is 27.2 Å². The Balaban J connectivity index is 1.45. The van der Waals surface area contributed by atoms with Gasteiger partial charge in [-0.1, -0.05) is 18.2 Å². The van der Waals surface area contributed by atoms with Crippen LogP contribution in [0.5, 0.6) is 0 Å². The lowest BCUT2D eigenvalue weighted by atomic mass is 10.2. The van der Waals surface area contributed by atoms with Crippen LogP contribution in [-0.2, 0) is 21.4 Å². The number of rotatable bonds is 9. The predicted molar refractivity (Wildman–Crippen MR) is 117 cm³/mol. The van der Waals surface area contributed by atoms with Crippen LogP contribution in [0.4, 0.5) is 0 Å². The number of carbonyl (C=O) groups excluding carboxylic acids is 2. The van der Waals surface area contributed by atoms with Crippen LogP contribution in [0.2, 0.25) is 0 Å². The molecule has 1 heterocycles. The molecule has 10 heteroatoms. The van der Waals surface area contributed by atoms with Crippen LogP contribution in [0, 0.1) is 0 Å². The monoisotopic (exact) mass is 443 g/mol. The van der Waals surface area contributed by atoms with E-state index >= 15 is 0 Å². The summed E-state index contributed by atoms with van der Waals surface area (Å²) in [6, 6.07) is 13.5. The first-order valence-electron chi connectivity index (χ1n) is 9.76. The Hall–Kier alpha value is -3.24. The van der Waals surface area contributed by atoms with E-state index in [0.29, 0.717) is 19.5 Å². The number of hydrogen-bond donors (Lipinski definition) is 2. The van der Waals surface area contributed by atoms with E-state index in [1.807, 2.05) is 28.8 Å². The van der Waals surface area contributed by atoms with Crippen LogP contribution in [0.1, 0.15) is 16.8 Å². The van der Waals surface area contributed by atoms with Gasteiger partial charge in [-0.2, -0.15) is 0 Å². The summed E-state index contributed by atoms with van der Waals surface area (Å²) in [5, 5.41) is 5.27. The average molecular weight is 444 g/mol. The zero-order valence-corrected chi connectivity index (χ0v) is 18.2. The van der Waals surface area contributed by atoms with Crippen molar-refractivity contribution in [3.8, 4) is 0 Å². The van der Waals surface area contributed by atoms with E-state index in [0.717, 1.165) is 15.3 Å². The lowest BCUT2D eigenvalue weighted by molar-refractivity contribution is -0.120.